The highest BCUT2D eigenvalue weighted by Gasteiger charge is 2.34. The standard InChI is InChI=1S/C13H26N2/c1-2-12-8-3-4-9-15(12)13(10-14)11-6-5-7-11/h11-13H,2-10,14H2,1H3. The lowest BCUT2D eigenvalue weighted by molar-refractivity contribution is 0.0378. The fraction of sp³-hybridized carbons (Fsp3) is 1.00. The van der Waals surface area contributed by atoms with Crippen molar-refractivity contribution in [2.24, 2.45) is 11.7 Å². The topological polar surface area (TPSA) is 29.3 Å². The Morgan fingerprint density at radius 2 is 2.00 bits per heavy atom. The van der Waals surface area contributed by atoms with Gasteiger partial charge in [-0.1, -0.05) is 19.8 Å². The molecular weight excluding hydrogens is 184 g/mol. The Hall–Kier alpha value is -0.0800. The molecule has 0 amide bonds. The zero-order valence-corrected chi connectivity index (χ0v) is 10.1. The lowest BCUT2D eigenvalue weighted by Gasteiger charge is -2.46. The average Bonchev–Trinajstić information content (AvgIpc) is 2.23. The van der Waals surface area contributed by atoms with Crippen LogP contribution in [-0.4, -0.2) is 30.1 Å². The van der Waals surface area contributed by atoms with Gasteiger partial charge in [-0.15, -0.1) is 0 Å². The molecule has 2 aliphatic rings. The van der Waals surface area contributed by atoms with Crippen LogP contribution in [0.25, 0.3) is 0 Å². The zero-order chi connectivity index (χ0) is 10.7. The molecule has 1 heterocycles. The largest absolute Gasteiger partial charge is 0.329 e. The molecule has 88 valence electrons. The van der Waals surface area contributed by atoms with Crippen molar-refractivity contribution in [2.45, 2.75) is 64.0 Å². The first-order chi connectivity index (χ1) is 7.36. The molecule has 2 N–H and O–H groups in total. The molecule has 2 heteroatoms. The lowest BCUT2D eigenvalue weighted by Crippen LogP contribution is -2.53. The van der Waals surface area contributed by atoms with Gasteiger partial charge < -0.3 is 5.73 Å². The average molecular weight is 210 g/mol. The van der Waals surface area contributed by atoms with Crippen molar-refractivity contribution >= 4 is 0 Å². The van der Waals surface area contributed by atoms with E-state index in [1.54, 1.807) is 0 Å². The number of hydrogen-bond donors (Lipinski definition) is 1. The van der Waals surface area contributed by atoms with Crippen molar-refractivity contribution in [3.05, 3.63) is 0 Å². The van der Waals surface area contributed by atoms with Crippen LogP contribution in [-0.2, 0) is 0 Å². The fourth-order valence-corrected chi connectivity index (χ4v) is 3.32. The summed E-state index contributed by atoms with van der Waals surface area (Å²) in [6.07, 6.45) is 9.81. The summed E-state index contributed by atoms with van der Waals surface area (Å²) in [5.41, 5.74) is 5.99. The molecule has 2 atom stereocenters. The van der Waals surface area contributed by atoms with Crippen LogP contribution in [0.2, 0.25) is 0 Å². The van der Waals surface area contributed by atoms with Gasteiger partial charge in [0.15, 0.2) is 0 Å². The molecular formula is C13H26N2. The van der Waals surface area contributed by atoms with Crippen LogP contribution < -0.4 is 5.73 Å². The number of likely N-dealkylation sites (tertiary alicyclic amines) is 1. The predicted octanol–water partition coefficient (Wildman–Crippen LogP) is 2.38. The summed E-state index contributed by atoms with van der Waals surface area (Å²) in [6.45, 7) is 4.51. The monoisotopic (exact) mass is 210 g/mol. The Labute approximate surface area is 94.2 Å². The summed E-state index contributed by atoms with van der Waals surface area (Å²) in [7, 11) is 0. The van der Waals surface area contributed by atoms with Gasteiger partial charge in [0.1, 0.15) is 0 Å². The number of nitrogens with two attached hydrogens (primary N) is 1. The van der Waals surface area contributed by atoms with E-state index in [1.165, 1.54) is 51.5 Å². The highest BCUT2D eigenvalue weighted by atomic mass is 15.2. The highest BCUT2D eigenvalue weighted by Crippen LogP contribution is 2.34. The summed E-state index contributed by atoms with van der Waals surface area (Å²) >= 11 is 0. The maximum atomic E-state index is 5.99. The number of piperidine rings is 1. The van der Waals surface area contributed by atoms with Crippen molar-refractivity contribution in [2.75, 3.05) is 13.1 Å². The van der Waals surface area contributed by atoms with Gasteiger partial charge in [-0.05, 0) is 44.6 Å². The van der Waals surface area contributed by atoms with E-state index in [9.17, 15) is 0 Å². The molecule has 1 saturated heterocycles. The van der Waals surface area contributed by atoms with Crippen LogP contribution in [0.3, 0.4) is 0 Å². The maximum Gasteiger partial charge on any atom is 0.0249 e. The SMILES string of the molecule is CCC1CCCCN1C(CN)C1CCC1. The van der Waals surface area contributed by atoms with Gasteiger partial charge in [0.2, 0.25) is 0 Å². The molecule has 2 rings (SSSR count). The second-order valence-electron chi connectivity index (χ2n) is 5.29. The highest BCUT2D eigenvalue weighted by molar-refractivity contribution is 4.90. The van der Waals surface area contributed by atoms with Crippen LogP contribution >= 0.6 is 0 Å². The third kappa shape index (κ3) is 2.36. The summed E-state index contributed by atoms with van der Waals surface area (Å²) in [5, 5.41) is 0. The summed E-state index contributed by atoms with van der Waals surface area (Å²) in [6, 6.07) is 1.52. The Morgan fingerprint density at radius 1 is 1.20 bits per heavy atom. The molecule has 1 aliphatic carbocycles. The normalized spacial score (nSPS) is 31.2. The van der Waals surface area contributed by atoms with E-state index in [2.05, 4.69) is 11.8 Å². The molecule has 1 saturated carbocycles. The maximum absolute atomic E-state index is 5.99. The number of nitrogens with zero attached hydrogens (tertiary/aromatic N) is 1. The first kappa shape index (κ1) is 11.4. The van der Waals surface area contributed by atoms with Gasteiger partial charge >= 0.3 is 0 Å². The molecule has 0 aromatic carbocycles. The van der Waals surface area contributed by atoms with Gasteiger partial charge in [0.25, 0.3) is 0 Å². The summed E-state index contributed by atoms with van der Waals surface area (Å²) in [5.74, 6) is 0.919. The Kier molecular flexibility index (Phi) is 4.04. The molecule has 1 aliphatic heterocycles. The van der Waals surface area contributed by atoms with Crippen LogP contribution in [0, 0.1) is 5.92 Å². The lowest BCUT2D eigenvalue weighted by atomic mass is 9.78. The number of rotatable bonds is 4. The molecule has 2 nitrogen and oxygen atoms in total. The van der Waals surface area contributed by atoms with Gasteiger partial charge in [-0.25, -0.2) is 0 Å². The Morgan fingerprint density at radius 3 is 2.53 bits per heavy atom. The van der Waals surface area contributed by atoms with Crippen LogP contribution in [0.1, 0.15) is 51.9 Å². The van der Waals surface area contributed by atoms with Crippen LogP contribution in [0.15, 0.2) is 0 Å². The van der Waals surface area contributed by atoms with E-state index >= 15 is 0 Å². The van der Waals surface area contributed by atoms with E-state index in [-0.39, 0.29) is 0 Å². The molecule has 0 aromatic heterocycles. The van der Waals surface area contributed by atoms with Crippen LogP contribution in [0.4, 0.5) is 0 Å². The molecule has 0 radical (unpaired) electrons. The van der Waals surface area contributed by atoms with Crippen molar-refractivity contribution in [1.29, 1.82) is 0 Å². The second-order valence-corrected chi connectivity index (χ2v) is 5.29. The molecule has 0 aromatic rings. The second kappa shape index (κ2) is 5.31. The van der Waals surface area contributed by atoms with Crippen LogP contribution in [0.5, 0.6) is 0 Å². The quantitative estimate of drug-likeness (QED) is 0.772. The minimum Gasteiger partial charge on any atom is -0.329 e. The minimum absolute atomic E-state index is 0.698. The van der Waals surface area contributed by atoms with E-state index in [0.717, 1.165) is 18.5 Å². The number of hydrogen-bond acceptors (Lipinski definition) is 2. The molecule has 15 heavy (non-hydrogen) atoms. The van der Waals surface area contributed by atoms with E-state index in [0.29, 0.717) is 6.04 Å². The van der Waals surface area contributed by atoms with Crippen molar-refractivity contribution < 1.29 is 0 Å². The van der Waals surface area contributed by atoms with E-state index in [1.807, 2.05) is 0 Å². The predicted molar refractivity (Wildman–Crippen MR) is 64.8 cm³/mol. The molecule has 2 unspecified atom stereocenters. The van der Waals surface area contributed by atoms with E-state index < -0.39 is 0 Å². The third-order valence-electron chi connectivity index (χ3n) is 4.51. The molecule has 2 fully saturated rings. The van der Waals surface area contributed by atoms with Crippen molar-refractivity contribution in [3.8, 4) is 0 Å². The van der Waals surface area contributed by atoms with Gasteiger partial charge in [-0.2, -0.15) is 0 Å². The Balaban J connectivity index is 1.97. The molecule has 0 spiro atoms. The first-order valence-electron chi connectivity index (χ1n) is 6.82. The summed E-state index contributed by atoms with van der Waals surface area (Å²) in [4.78, 5) is 2.74. The van der Waals surface area contributed by atoms with Gasteiger partial charge in [0.05, 0.1) is 0 Å². The van der Waals surface area contributed by atoms with Gasteiger partial charge in [0, 0.05) is 18.6 Å². The molecule has 0 bridgehead atoms. The third-order valence-corrected chi connectivity index (χ3v) is 4.51. The zero-order valence-electron chi connectivity index (χ0n) is 10.1. The fourth-order valence-electron chi connectivity index (χ4n) is 3.32. The van der Waals surface area contributed by atoms with E-state index in [4.69, 9.17) is 5.73 Å². The smallest absolute Gasteiger partial charge is 0.0249 e. The minimum atomic E-state index is 0.698. The van der Waals surface area contributed by atoms with Crippen molar-refractivity contribution in [3.63, 3.8) is 0 Å². The van der Waals surface area contributed by atoms with Crippen molar-refractivity contribution in [1.82, 2.24) is 4.90 Å². The first-order valence-corrected chi connectivity index (χ1v) is 6.82. The Bertz CT molecular complexity index is 189. The summed E-state index contributed by atoms with van der Waals surface area (Å²) < 4.78 is 0. The van der Waals surface area contributed by atoms with Gasteiger partial charge in [-0.3, -0.25) is 4.90 Å².